The van der Waals surface area contributed by atoms with Crippen molar-refractivity contribution in [1.29, 1.82) is 0 Å². The Morgan fingerprint density at radius 2 is 1.02 bits per heavy atom. The summed E-state index contributed by atoms with van der Waals surface area (Å²) in [6.45, 7) is 2.46. The van der Waals surface area contributed by atoms with Gasteiger partial charge in [-0.1, -0.05) is 138 Å². The van der Waals surface area contributed by atoms with Crippen molar-refractivity contribution in [3.63, 3.8) is 0 Å². The van der Waals surface area contributed by atoms with Crippen molar-refractivity contribution < 1.29 is 0 Å². The van der Waals surface area contributed by atoms with Crippen molar-refractivity contribution in [1.82, 2.24) is 0 Å². The fraction of sp³-hybridized carbons (Fsp3) is 0.0233. The fourth-order valence-electron chi connectivity index (χ4n) is 7.33. The summed E-state index contributed by atoms with van der Waals surface area (Å²) in [5.41, 5.74) is 16.6. The SMILES string of the molecule is Cc1cccc2c1B1c3ccccc3N(c3ccccc3)c3cc(-c4cccc(-c5cccc(-c6ccccc6)c5)c4)cc(c31)S2. The molecule has 7 aromatic carbocycles. The molecule has 0 amide bonds. The third-order valence-electron chi connectivity index (χ3n) is 9.44. The van der Waals surface area contributed by atoms with Crippen LogP contribution in [0.4, 0.5) is 17.1 Å². The van der Waals surface area contributed by atoms with Crippen LogP contribution in [0.5, 0.6) is 0 Å². The second-order valence-corrected chi connectivity index (χ2v) is 13.3. The van der Waals surface area contributed by atoms with E-state index in [2.05, 4.69) is 176 Å². The van der Waals surface area contributed by atoms with E-state index in [1.54, 1.807) is 0 Å². The number of rotatable bonds is 4. The zero-order chi connectivity index (χ0) is 30.6. The van der Waals surface area contributed by atoms with Gasteiger partial charge in [-0.2, -0.15) is 0 Å². The van der Waals surface area contributed by atoms with Gasteiger partial charge in [0.2, 0.25) is 6.71 Å². The number of nitrogens with zero attached hydrogens (tertiary/aromatic N) is 1. The highest BCUT2D eigenvalue weighted by Gasteiger charge is 2.41. The molecule has 7 aromatic rings. The summed E-state index contributed by atoms with van der Waals surface area (Å²) in [6, 6.07) is 60.0. The van der Waals surface area contributed by atoms with Crippen LogP contribution in [0.1, 0.15) is 5.56 Å². The first-order valence-electron chi connectivity index (χ1n) is 15.9. The van der Waals surface area contributed by atoms with Crippen molar-refractivity contribution >= 4 is 51.9 Å². The zero-order valence-electron chi connectivity index (χ0n) is 25.5. The Bertz CT molecular complexity index is 2260. The molecular formula is C43H30BNS. The van der Waals surface area contributed by atoms with Gasteiger partial charge in [0.1, 0.15) is 0 Å². The molecule has 1 nitrogen and oxygen atoms in total. The van der Waals surface area contributed by atoms with Gasteiger partial charge in [0, 0.05) is 26.9 Å². The van der Waals surface area contributed by atoms with Crippen molar-refractivity contribution in [3.8, 4) is 33.4 Å². The molecule has 0 bridgehead atoms. The first kappa shape index (κ1) is 27.1. The van der Waals surface area contributed by atoms with Crippen LogP contribution in [0.2, 0.25) is 0 Å². The van der Waals surface area contributed by atoms with Gasteiger partial charge in [-0.05, 0) is 99.8 Å². The Labute approximate surface area is 275 Å². The third kappa shape index (κ3) is 4.42. The molecule has 3 heteroatoms. The summed E-state index contributed by atoms with van der Waals surface area (Å²) in [5.74, 6) is 0. The van der Waals surface area contributed by atoms with E-state index in [1.165, 1.54) is 82.2 Å². The summed E-state index contributed by atoms with van der Waals surface area (Å²) in [4.78, 5) is 5.17. The van der Waals surface area contributed by atoms with Crippen LogP contribution < -0.4 is 21.3 Å². The minimum atomic E-state index is 0.194. The van der Waals surface area contributed by atoms with Gasteiger partial charge in [0.05, 0.1) is 0 Å². The second-order valence-electron chi connectivity index (χ2n) is 12.2. The summed E-state index contributed by atoms with van der Waals surface area (Å²) in [7, 11) is 0. The molecule has 2 heterocycles. The average molecular weight is 604 g/mol. The Morgan fingerprint density at radius 3 is 1.76 bits per heavy atom. The highest BCUT2D eigenvalue weighted by Crippen LogP contribution is 2.44. The van der Waals surface area contributed by atoms with Crippen LogP contribution in [0.3, 0.4) is 0 Å². The van der Waals surface area contributed by atoms with Gasteiger partial charge in [0.15, 0.2) is 0 Å². The second kappa shape index (κ2) is 11.0. The smallest absolute Gasteiger partial charge is 0.249 e. The van der Waals surface area contributed by atoms with Gasteiger partial charge in [-0.3, -0.25) is 0 Å². The largest absolute Gasteiger partial charge is 0.311 e. The average Bonchev–Trinajstić information content (AvgIpc) is 3.12. The van der Waals surface area contributed by atoms with Crippen LogP contribution in [0.15, 0.2) is 174 Å². The lowest BCUT2D eigenvalue weighted by Gasteiger charge is -2.41. The van der Waals surface area contributed by atoms with Crippen molar-refractivity contribution in [2.24, 2.45) is 0 Å². The quantitative estimate of drug-likeness (QED) is 0.184. The molecule has 0 radical (unpaired) electrons. The first-order chi connectivity index (χ1) is 22.7. The van der Waals surface area contributed by atoms with Crippen LogP contribution in [-0.2, 0) is 0 Å². The molecule has 0 aromatic heterocycles. The van der Waals surface area contributed by atoms with E-state index in [9.17, 15) is 0 Å². The third-order valence-corrected chi connectivity index (χ3v) is 10.6. The summed E-state index contributed by atoms with van der Waals surface area (Å²) in [5, 5.41) is 0. The van der Waals surface area contributed by atoms with E-state index in [4.69, 9.17) is 0 Å². The number of fused-ring (bicyclic) bond motifs is 4. The van der Waals surface area contributed by atoms with Gasteiger partial charge < -0.3 is 4.90 Å². The predicted octanol–water partition coefficient (Wildman–Crippen LogP) is 9.76. The van der Waals surface area contributed by atoms with E-state index in [-0.39, 0.29) is 6.71 Å². The maximum atomic E-state index is 2.48. The lowest BCUT2D eigenvalue weighted by Crippen LogP contribution is -2.60. The van der Waals surface area contributed by atoms with E-state index in [1.807, 2.05) is 11.8 Å². The minimum Gasteiger partial charge on any atom is -0.311 e. The Morgan fingerprint density at radius 1 is 0.435 bits per heavy atom. The van der Waals surface area contributed by atoms with Crippen LogP contribution in [0.25, 0.3) is 33.4 Å². The molecule has 46 heavy (non-hydrogen) atoms. The normalized spacial score (nSPS) is 12.7. The molecule has 0 saturated heterocycles. The molecule has 0 fully saturated rings. The number of aryl methyl sites for hydroxylation is 1. The molecule has 0 atom stereocenters. The molecule has 0 aliphatic carbocycles. The Kier molecular flexibility index (Phi) is 6.47. The van der Waals surface area contributed by atoms with Crippen LogP contribution >= 0.6 is 11.8 Å². The molecule has 9 rings (SSSR count). The van der Waals surface area contributed by atoms with E-state index in [0.717, 1.165) is 0 Å². The maximum absolute atomic E-state index is 2.48. The lowest BCUT2D eigenvalue weighted by molar-refractivity contribution is 1.27. The lowest BCUT2D eigenvalue weighted by atomic mass is 9.34. The van der Waals surface area contributed by atoms with E-state index in [0.29, 0.717) is 0 Å². The summed E-state index contributed by atoms with van der Waals surface area (Å²) >= 11 is 1.92. The fourth-order valence-corrected chi connectivity index (χ4v) is 8.62. The summed E-state index contributed by atoms with van der Waals surface area (Å²) < 4.78 is 0. The van der Waals surface area contributed by atoms with E-state index < -0.39 is 0 Å². The predicted molar refractivity (Wildman–Crippen MR) is 197 cm³/mol. The molecule has 0 N–H and O–H groups in total. The molecule has 2 aliphatic rings. The number of anilines is 3. The molecule has 216 valence electrons. The minimum absolute atomic E-state index is 0.194. The van der Waals surface area contributed by atoms with Crippen molar-refractivity contribution in [3.05, 3.63) is 169 Å². The maximum Gasteiger partial charge on any atom is 0.249 e. The van der Waals surface area contributed by atoms with Gasteiger partial charge in [-0.15, -0.1) is 0 Å². The Balaban J connectivity index is 1.24. The first-order valence-corrected chi connectivity index (χ1v) is 16.7. The topological polar surface area (TPSA) is 3.24 Å². The molecule has 0 spiro atoms. The number of hydrogen-bond donors (Lipinski definition) is 0. The Hall–Kier alpha value is -5.25. The monoisotopic (exact) mass is 603 g/mol. The van der Waals surface area contributed by atoms with E-state index >= 15 is 0 Å². The molecule has 2 aliphatic heterocycles. The number of para-hydroxylation sites is 2. The highest BCUT2D eigenvalue weighted by molar-refractivity contribution is 8.00. The zero-order valence-corrected chi connectivity index (χ0v) is 26.3. The summed E-state index contributed by atoms with van der Waals surface area (Å²) in [6.07, 6.45) is 0. The number of benzene rings is 7. The van der Waals surface area contributed by atoms with Crippen LogP contribution in [0, 0.1) is 6.92 Å². The van der Waals surface area contributed by atoms with Crippen molar-refractivity contribution in [2.45, 2.75) is 16.7 Å². The van der Waals surface area contributed by atoms with Crippen LogP contribution in [-0.4, -0.2) is 6.71 Å². The highest BCUT2D eigenvalue weighted by atomic mass is 32.2. The van der Waals surface area contributed by atoms with Gasteiger partial charge in [0.25, 0.3) is 0 Å². The molecular weight excluding hydrogens is 573 g/mol. The van der Waals surface area contributed by atoms with Gasteiger partial charge in [-0.25, -0.2) is 0 Å². The molecule has 0 unspecified atom stereocenters. The van der Waals surface area contributed by atoms with Crippen molar-refractivity contribution in [2.75, 3.05) is 4.90 Å². The number of hydrogen-bond acceptors (Lipinski definition) is 2. The van der Waals surface area contributed by atoms with Gasteiger partial charge >= 0.3 is 0 Å². The standard InChI is InChI=1S/C43H30BNS/c1-29-13-10-24-40-42(29)44-37-22-8-9-23-38(37)45(36-20-6-3-7-21-36)39-27-35(28-41(46-40)43(39)44)34-19-12-18-33(26-34)32-17-11-16-31(25-32)30-14-4-2-5-15-30/h2-28H,1H3. The molecule has 0 saturated carbocycles.